The largest absolute Gasteiger partial charge is 0.339 e. The number of nitrogens with zero attached hydrogens (tertiary/aromatic N) is 2. The van der Waals surface area contributed by atoms with Crippen molar-refractivity contribution < 1.29 is 0 Å². The summed E-state index contributed by atoms with van der Waals surface area (Å²) in [5, 5.41) is 6.99. The van der Waals surface area contributed by atoms with Gasteiger partial charge in [0.05, 0.1) is 5.39 Å². The number of fused-ring (bicyclic) bond motifs is 2. The second-order valence-corrected chi connectivity index (χ2v) is 7.56. The van der Waals surface area contributed by atoms with Gasteiger partial charge in [0.1, 0.15) is 10.6 Å². The Balaban J connectivity index is 1.65. The molecule has 0 aliphatic rings. The van der Waals surface area contributed by atoms with Crippen molar-refractivity contribution in [3.05, 3.63) is 84.1 Å². The minimum atomic E-state index is 0.242. The van der Waals surface area contributed by atoms with Gasteiger partial charge in [0, 0.05) is 16.0 Å². The fraction of sp³-hybridized carbons (Fsp3) is 0. The van der Waals surface area contributed by atoms with Gasteiger partial charge >= 0.3 is 0 Å². The number of aromatic nitrogens is 2. The van der Waals surface area contributed by atoms with Crippen molar-refractivity contribution in [2.45, 2.75) is 0 Å². The molecule has 3 nitrogen and oxygen atoms in total. The topological polar surface area (TPSA) is 37.8 Å². The molecule has 0 saturated heterocycles. The van der Waals surface area contributed by atoms with E-state index in [0.29, 0.717) is 0 Å². The van der Waals surface area contributed by atoms with Crippen molar-refractivity contribution >= 4 is 55.4 Å². The first-order valence-corrected chi connectivity index (χ1v) is 9.75. The molecule has 5 aromatic rings. The van der Waals surface area contributed by atoms with Crippen LogP contribution in [0, 0.1) is 0 Å². The van der Waals surface area contributed by atoms with Gasteiger partial charge in [-0.2, -0.15) is 4.98 Å². The second kappa shape index (κ2) is 6.65. The Labute approximate surface area is 165 Å². The molecule has 5 rings (SSSR count). The van der Waals surface area contributed by atoms with Crippen molar-refractivity contribution in [1.82, 2.24) is 9.97 Å². The van der Waals surface area contributed by atoms with Crippen LogP contribution in [-0.2, 0) is 0 Å². The van der Waals surface area contributed by atoms with E-state index in [-0.39, 0.29) is 5.28 Å². The highest BCUT2D eigenvalue weighted by Crippen LogP contribution is 2.37. The van der Waals surface area contributed by atoms with Crippen LogP contribution in [0.4, 0.5) is 11.5 Å². The third kappa shape index (κ3) is 3.03. The van der Waals surface area contributed by atoms with Gasteiger partial charge in [-0.05, 0) is 34.7 Å². The number of anilines is 2. The van der Waals surface area contributed by atoms with E-state index in [0.717, 1.165) is 37.5 Å². The molecule has 3 aromatic carbocycles. The van der Waals surface area contributed by atoms with Crippen LogP contribution in [0.3, 0.4) is 0 Å². The summed E-state index contributed by atoms with van der Waals surface area (Å²) in [5.41, 5.74) is 2.16. The van der Waals surface area contributed by atoms with Gasteiger partial charge in [0.2, 0.25) is 5.28 Å². The number of hydrogen-bond acceptors (Lipinski definition) is 4. The Bertz CT molecular complexity index is 1260. The average Bonchev–Trinajstić information content (AvgIpc) is 3.13. The number of thiophene rings is 1. The second-order valence-electron chi connectivity index (χ2n) is 6.19. The first kappa shape index (κ1) is 16.2. The summed E-state index contributed by atoms with van der Waals surface area (Å²) >= 11 is 7.83. The number of benzene rings is 3. The maximum Gasteiger partial charge on any atom is 0.225 e. The van der Waals surface area contributed by atoms with Gasteiger partial charge in [0.25, 0.3) is 0 Å². The van der Waals surface area contributed by atoms with Crippen molar-refractivity contribution in [1.29, 1.82) is 0 Å². The summed E-state index contributed by atoms with van der Waals surface area (Å²) in [6, 6.07) is 26.9. The van der Waals surface area contributed by atoms with Crippen LogP contribution in [0.5, 0.6) is 0 Å². The highest BCUT2D eigenvalue weighted by molar-refractivity contribution is 7.22. The maximum atomic E-state index is 6.21. The number of hydrogen-bond donors (Lipinski definition) is 1. The van der Waals surface area contributed by atoms with Gasteiger partial charge in [-0.15, -0.1) is 11.3 Å². The molecule has 0 amide bonds. The summed E-state index contributed by atoms with van der Waals surface area (Å²) in [5.74, 6) is 0.722. The Morgan fingerprint density at radius 3 is 2.44 bits per heavy atom. The van der Waals surface area contributed by atoms with Gasteiger partial charge in [0.15, 0.2) is 0 Å². The number of rotatable bonds is 3. The lowest BCUT2D eigenvalue weighted by molar-refractivity contribution is 1.23. The SMILES string of the molecule is Clc1nc(Nc2cccc3ccccc23)c2cc(-c3ccccc3)sc2n1. The molecule has 0 spiro atoms. The summed E-state index contributed by atoms with van der Waals surface area (Å²) in [7, 11) is 0. The third-order valence-corrected chi connectivity index (χ3v) is 5.71. The zero-order valence-electron chi connectivity index (χ0n) is 14.2. The van der Waals surface area contributed by atoms with E-state index in [4.69, 9.17) is 11.6 Å². The average molecular weight is 388 g/mol. The highest BCUT2D eigenvalue weighted by Gasteiger charge is 2.13. The zero-order valence-corrected chi connectivity index (χ0v) is 15.8. The first-order chi connectivity index (χ1) is 13.3. The highest BCUT2D eigenvalue weighted by atomic mass is 35.5. The molecule has 0 radical (unpaired) electrons. The molecule has 0 aliphatic heterocycles. The predicted molar refractivity (Wildman–Crippen MR) is 115 cm³/mol. The Morgan fingerprint density at radius 1 is 0.778 bits per heavy atom. The van der Waals surface area contributed by atoms with Crippen LogP contribution in [0.15, 0.2) is 78.9 Å². The van der Waals surface area contributed by atoms with E-state index in [1.165, 1.54) is 5.39 Å². The Hall–Kier alpha value is -2.95. The minimum absolute atomic E-state index is 0.242. The summed E-state index contributed by atoms with van der Waals surface area (Å²) < 4.78 is 0. The lowest BCUT2D eigenvalue weighted by Crippen LogP contribution is -1.96. The maximum absolute atomic E-state index is 6.21. The van der Waals surface area contributed by atoms with Crippen LogP contribution in [0.1, 0.15) is 0 Å². The van der Waals surface area contributed by atoms with E-state index in [9.17, 15) is 0 Å². The predicted octanol–water partition coefficient (Wildman–Crippen LogP) is 6.91. The molecule has 0 unspecified atom stereocenters. The van der Waals surface area contributed by atoms with Crippen molar-refractivity contribution in [3.63, 3.8) is 0 Å². The van der Waals surface area contributed by atoms with Gasteiger partial charge < -0.3 is 5.32 Å². The van der Waals surface area contributed by atoms with Crippen molar-refractivity contribution in [2.75, 3.05) is 5.32 Å². The molecule has 27 heavy (non-hydrogen) atoms. The van der Waals surface area contributed by atoms with Crippen LogP contribution < -0.4 is 5.32 Å². The molecule has 0 aliphatic carbocycles. The van der Waals surface area contributed by atoms with Gasteiger partial charge in [-0.3, -0.25) is 0 Å². The summed E-state index contributed by atoms with van der Waals surface area (Å²) in [6.07, 6.45) is 0. The van der Waals surface area contributed by atoms with E-state index in [1.807, 2.05) is 36.4 Å². The van der Waals surface area contributed by atoms with E-state index >= 15 is 0 Å². The normalized spacial score (nSPS) is 11.1. The lowest BCUT2D eigenvalue weighted by Gasteiger charge is -2.10. The van der Waals surface area contributed by atoms with Crippen LogP contribution in [0.2, 0.25) is 5.28 Å². The van der Waals surface area contributed by atoms with Crippen LogP contribution in [-0.4, -0.2) is 9.97 Å². The standard InChI is InChI=1S/C22H14ClN3S/c23-22-25-20(24-18-12-6-10-14-7-4-5-11-16(14)18)17-13-19(27-21(17)26-22)15-8-2-1-3-9-15/h1-13H,(H,24,25,26). The van der Waals surface area contributed by atoms with Gasteiger partial charge in [-0.1, -0.05) is 66.7 Å². The van der Waals surface area contributed by atoms with Crippen molar-refractivity contribution in [3.8, 4) is 10.4 Å². The van der Waals surface area contributed by atoms with E-state index < -0.39 is 0 Å². The van der Waals surface area contributed by atoms with E-state index in [1.54, 1.807) is 11.3 Å². The van der Waals surface area contributed by atoms with Crippen LogP contribution in [0.25, 0.3) is 31.4 Å². The molecule has 2 aromatic heterocycles. The molecule has 0 saturated carbocycles. The minimum Gasteiger partial charge on any atom is -0.339 e. The van der Waals surface area contributed by atoms with Crippen LogP contribution >= 0.6 is 22.9 Å². The molecular weight excluding hydrogens is 374 g/mol. The Morgan fingerprint density at radius 2 is 1.56 bits per heavy atom. The Kier molecular flexibility index (Phi) is 4.00. The zero-order chi connectivity index (χ0) is 18.2. The molecule has 2 heterocycles. The summed E-state index contributed by atoms with van der Waals surface area (Å²) in [6.45, 7) is 0. The number of nitrogens with one attached hydrogen (secondary N) is 1. The molecule has 130 valence electrons. The van der Waals surface area contributed by atoms with E-state index in [2.05, 4.69) is 57.7 Å². The molecule has 5 heteroatoms. The lowest BCUT2D eigenvalue weighted by atomic mass is 10.1. The molecule has 0 atom stereocenters. The smallest absolute Gasteiger partial charge is 0.225 e. The molecule has 0 bridgehead atoms. The summed E-state index contributed by atoms with van der Waals surface area (Å²) in [4.78, 5) is 10.9. The molecule has 0 fully saturated rings. The first-order valence-electron chi connectivity index (χ1n) is 8.55. The number of halogens is 1. The monoisotopic (exact) mass is 387 g/mol. The fourth-order valence-electron chi connectivity index (χ4n) is 3.20. The fourth-order valence-corrected chi connectivity index (χ4v) is 4.45. The quantitative estimate of drug-likeness (QED) is 0.342. The van der Waals surface area contributed by atoms with Gasteiger partial charge in [-0.25, -0.2) is 4.98 Å². The molecular formula is C22H14ClN3S. The molecule has 1 N–H and O–H groups in total. The van der Waals surface area contributed by atoms with Crippen molar-refractivity contribution in [2.24, 2.45) is 0 Å². The third-order valence-electron chi connectivity index (χ3n) is 4.47.